The van der Waals surface area contributed by atoms with Crippen molar-refractivity contribution < 1.29 is 0 Å². The van der Waals surface area contributed by atoms with Gasteiger partial charge >= 0.3 is 0 Å². The highest BCUT2D eigenvalue weighted by atomic mass is 14.0. The average molecular weight is 219 g/mol. The summed E-state index contributed by atoms with van der Waals surface area (Å²) >= 11 is 0. The predicted octanol–water partition coefficient (Wildman–Crippen LogP) is 4.75. The van der Waals surface area contributed by atoms with Crippen LogP contribution in [0.4, 0.5) is 0 Å². The molecule has 83 valence electrons. The fourth-order valence-electron chi connectivity index (χ4n) is 2.41. The lowest BCUT2D eigenvalue weighted by molar-refractivity contribution is 0.923. The van der Waals surface area contributed by atoms with Crippen LogP contribution >= 0.6 is 0 Å². The molecule has 0 spiro atoms. The van der Waals surface area contributed by atoms with E-state index in [4.69, 9.17) is 0 Å². The lowest BCUT2D eigenvalue weighted by Crippen LogP contribution is -1.84. The standard InChI is InChI=1S/C17H15/c1-2-5-13-8-11-17-15(12-13)10-9-14-6-3-4-7-16(14)17/h3-4,6-10,12H,2,5H2,1H3. The highest BCUT2D eigenvalue weighted by Crippen LogP contribution is 2.25. The first kappa shape index (κ1) is 10.3. The molecule has 3 rings (SSSR count). The van der Waals surface area contributed by atoms with Gasteiger partial charge in [0.25, 0.3) is 0 Å². The summed E-state index contributed by atoms with van der Waals surface area (Å²) < 4.78 is 0. The van der Waals surface area contributed by atoms with Crippen LogP contribution < -0.4 is 0 Å². The molecule has 0 fully saturated rings. The minimum absolute atomic E-state index is 1.14. The first-order chi connectivity index (χ1) is 8.38. The molecule has 0 atom stereocenters. The maximum Gasteiger partial charge on any atom is -0.00264 e. The maximum absolute atomic E-state index is 3.45. The fraction of sp³-hybridized carbons (Fsp3) is 0.176. The number of rotatable bonds is 2. The van der Waals surface area contributed by atoms with E-state index in [0.29, 0.717) is 0 Å². The molecule has 0 heteroatoms. The van der Waals surface area contributed by atoms with Crippen LogP contribution in [0.25, 0.3) is 21.5 Å². The Bertz CT molecular complexity index is 665. The van der Waals surface area contributed by atoms with Crippen molar-refractivity contribution in [3.05, 3.63) is 60.2 Å². The normalized spacial score (nSPS) is 11.1. The number of fused-ring (bicyclic) bond motifs is 3. The second-order valence-electron chi connectivity index (χ2n) is 4.51. The third kappa shape index (κ3) is 1.80. The molecule has 3 aromatic rings. The number of hydrogen-bond acceptors (Lipinski definition) is 0. The van der Waals surface area contributed by atoms with Crippen molar-refractivity contribution in [1.82, 2.24) is 0 Å². The van der Waals surface area contributed by atoms with E-state index in [1.165, 1.54) is 33.5 Å². The Kier molecular flexibility index (Phi) is 2.56. The lowest BCUT2D eigenvalue weighted by atomic mass is 9.99. The van der Waals surface area contributed by atoms with Crippen molar-refractivity contribution in [2.45, 2.75) is 19.8 Å². The Balaban J connectivity index is 2.29. The average Bonchev–Trinajstić information content (AvgIpc) is 2.39. The van der Waals surface area contributed by atoms with Gasteiger partial charge in [0.05, 0.1) is 0 Å². The summed E-state index contributed by atoms with van der Waals surface area (Å²) in [6.07, 6.45) is 2.33. The minimum atomic E-state index is 1.14. The zero-order chi connectivity index (χ0) is 11.7. The van der Waals surface area contributed by atoms with Crippen molar-refractivity contribution in [3.8, 4) is 0 Å². The molecule has 0 amide bonds. The van der Waals surface area contributed by atoms with Gasteiger partial charge in [0, 0.05) is 0 Å². The Hall–Kier alpha value is -1.82. The molecular formula is C17H15. The van der Waals surface area contributed by atoms with Crippen molar-refractivity contribution in [1.29, 1.82) is 0 Å². The van der Waals surface area contributed by atoms with E-state index in [-0.39, 0.29) is 0 Å². The molecule has 0 bridgehead atoms. The Labute approximate surface area is 102 Å². The summed E-state index contributed by atoms with van der Waals surface area (Å²) in [4.78, 5) is 0. The van der Waals surface area contributed by atoms with E-state index in [1.54, 1.807) is 0 Å². The van der Waals surface area contributed by atoms with Crippen molar-refractivity contribution in [2.75, 3.05) is 0 Å². The largest absolute Gasteiger partial charge is 0.0651 e. The van der Waals surface area contributed by atoms with E-state index in [0.717, 1.165) is 6.42 Å². The van der Waals surface area contributed by atoms with Crippen molar-refractivity contribution in [3.63, 3.8) is 0 Å². The predicted molar refractivity (Wildman–Crippen MR) is 74.3 cm³/mol. The molecule has 0 aromatic heterocycles. The molecule has 0 N–H and O–H groups in total. The highest BCUT2D eigenvalue weighted by Gasteiger charge is 2.01. The molecule has 0 aliphatic carbocycles. The number of hydrogen-bond donors (Lipinski definition) is 0. The molecule has 1 radical (unpaired) electrons. The second kappa shape index (κ2) is 4.21. The third-order valence-electron chi connectivity index (χ3n) is 3.24. The molecule has 0 unspecified atom stereocenters. The monoisotopic (exact) mass is 219 g/mol. The SMILES string of the molecule is CCCc1c[c]c2c(ccc3ccccc32)c1. The van der Waals surface area contributed by atoms with Crippen LogP contribution in [0.5, 0.6) is 0 Å². The number of aryl methyl sites for hydroxylation is 1. The van der Waals surface area contributed by atoms with E-state index in [1.807, 2.05) is 0 Å². The summed E-state index contributed by atoms with van der Waals surface area (Å²) in [7, 11) is 0. The molecular weight excluding hydrogens is 204 g/mol. The van der Waals surface area contributed by atoms with Crippen molar-refractivity contribution in [2.24, 2.45) is 0 Å². The summed E-state index contributed by atoms with van der Waals surface area (Å²) in [6, 6.07) is 20.8. The van der Waals surface area contributed by atoms with Gasteiger partial charge in [-0.05, 0) is 39.6 Å². The van der Waals surface area contributed by atoms with Gasteiger partial charge in [-0.25, -0.2) is 0 Å². The smallest absolute Gasteiger partial charge is 0.00264 e. The fourth-order valence-corrected chi connectivity index (χ4v) is 2.41. The van der Waals surface area contributed by atoms with Gasteiger partial charge in [-0.2, -0.15) is 0 Å². The van der Waals surface area contributed by atoms with E-state index < -0.39 is 0 Å². The van der Waals surface area contributed by atoms with E-state index >= 15 is 0 Å². The van der Waals surface area contributed by atoms with Gasteiger partial charge in [-0.3, -0.25) is 0 Å². The number of benzene rings is 3. The molecule has 0 heterocycles. The second-order valence-corrected chi connectivity index (χ2v) is 4.51. The van der Waals surface area contributed by atoms with Crippen molar-refractivity contribution >= 4 is 21.5 Å². The Morgan fingerprint density at radius 2 is 1.82 bits per heavy atom. The highest BCUT2D eigenvalue weighted by molar-refractivity contribution is 6.07. The van der Waals surface area contributed by atoms with Gasteiger partial charge in [0.2, 0.25) is 0 Å². The van der Waals surface area contributed by atoms with Gasteiger partial charge in [-0.1, -0.05) is 61.9 Å². The van der Waals surface area contributed by atoms with Crippen LogP contribution in [-0.4, -0.2) is 0 Å². The molecule has 0 nitrogen and oxygen atoms in total. The molecule has 3 aromatic carbocycles. The van der Waals surface area contributed by atoms with Gasteiger partial charge in [-0.15, -0.1) is 0 Å². The first-order valence-electron chi connectivity index (χ1n) is 6.20. The zero-order valence-corrected chi connectivity index (χ0v) is 10.0. The Morgan fingerprint density at radius 3 is 2.71 bits per heavy atom. The molecule has 0 saturated carbocycles. The zero-order valence-electron chi connectivity index (χ0n) is 10.0. The maximum atomic E-state index is 3.45. The Morgan fingerprint density at radius 1 is 1.00 bits per heavy atom. The lowest BCUT2D eigenvalue weighted by Gasteiger charge is -2.05. The summed E-state index contributed by atoms with van der Waals surface area (Å²) in [5.41, 5.74) is 1.38. The molecule has 0 aliphatic heterocycles. The van der Waals surface area contributed by atoms with Crippen LogP contribution in [0, 0.1) is 6.07 Å². The third-order valence-corrected chi connectivity index (χ3v) is 3.24. The quantitative estimate of drug-likeness (QED) is 0.546. The van der Waals surface area contributed by atoms with Gasteiger partial charge in [0.1, 0.15) is 0 Å². The van der Waals surface area contributed by atoms with Gasteiger partial charge in [0.15, 0.2) is 0 Å². The van der Waals surface area contributed by atoms with Crippen LogP contribution in [0.1, 0.15) is 18.9 Å². The van der Waals surface area contributed by atoms with E-state index in [9.17, 15) is 0 Å². The van der Waals surface area contributed by atoms with E-state index in [2.05, 4.69) is 61.5 Å². The van der Waals surface area contributed by atoms with Crippen LogP contribution in [0.15, 0.2) is 48.5 Å². The summed E-state index contributed by atoms with van der Waals surface area (Å²) in [5, 5.41) is 5.13. The first-order valence-corrected chi connectivity index (χ1v) is 6.20. The summed E-state index contributed by atoms with van der Waals surface area (Å²) in [6.45, 7) is 2.21. The molecule has 17 heavy (non-hydrogen) atoms. The molecule has 0 saturated heterocycles. The van der Waals surface area contributed by atoms with Crippen LogP contribution in [0.2, 0.25) is 0 Å². The minimum Gasteiger partial charge on any atom is -0.0651 e. The van der Waals surface area contributed by atoms with Gasteiger partial charge < -0.3 is 0 Å². The van der Waals surface area contributed by atoms with Crippen LogP contribution in [0.3, 0.4) is 0 Å². The van der Waals surface area contributed by atoms with Crippen LogP contribution in [-0.2, 0) is 6.42 Å². The molecule has 0 aliphatic rings. The summed E-state index contributed by atoms with van der Waals surface area (Å²) in [5.74, 6) is 0. The topological polar surface area (TPSA) is 0 Å².